The van der Waals surface area contributed by atoms with Crippen LogP contribution in [0.4, 0.5) is 4.39 Å². The molecule has 0 N–H and O–H groups in total. The summed E-state index contributed by atoms with van der Waals surface area (Å²) in [5.74, 6) is 0.654. The Morgan fingerprint density at radius 2 is 1.96 bits per heavy atom. The summed E-state index contributed by atoms with van der Waals surface area (Å²) < 4.78 is 20.9. The Hall–Kier alpha value is -2.66. The minimum Gasteiger partial charge on any atom is -0.497 e. The molecule has 0 amide bonds. The van der Waals surface area contributed by atoms with Gasteiger partial charge in [0.25, 0.3) is 0 Å². The summed E-state index contributed by atoms with van der Waals surface area (Å²) in [6, 6.07) is 16.9. The molecule has 3 aromatic rings. The van der Waals surface area contributed by atoms with Crippen molar-refractivity contribution in [2.75, 3.05) is 13.7 Å². The van der Waals surface area contributed by atoms with Crippen LogP contribution in [-0.4, -0.2) is 28.3 Å². The molecule has 5 heteroatoms. The normalized spacial score (nSPS) is 14.7. The van der Waals surface area contributed by atoms with Gasteiger partial charge in [-0.2, -0.15) is 5.10 Å². The number of benzene rings is 2. The first-order valence-corrected chi connectivity index (χ1v) is 8.89. The number of nitrogens with zero attached hydrogens (tertiary/aromatic N) is 3. The number of ether oxygens (including phenoxy) is 1. The Kier molecular flexibility index (Phi) is 4.71. The van der Waals surface area contributed by atoms with Crippen LogP contribution in [0.25, 0.3) is 11.3 Å². The fourth-order valence-electron chi connectivity index (χ4n) is 3.48. The highest BCUT2D eigenvalue weighted by Crippen LogP contribution is 2.24. The van der Waals surface area contributed by atoms with Gasteiger partial charge in [-0.05, 0) is 42.3 Å². The van der Waals surface area contributed by atoms with E-state index in [1.165, 1.54) is 23.4 Å². The van der Waals surface area contributed by atoms with Gasteiger partial charge in [-0.3, -0.25) is 9.58 Å². The van der Waals surface area contributed by atoms with E-state index < -0.39 is 0 Å². The number of fused-ring (bicyclic) bond motifs is 1. The minimum absolute atomic E-state index is 0.231. The van der Waals surface area contributed by atoms with Crippen molar-refractivity contribution in [1.29, 1.82) is 0 Å². The van der Waals surface area contributed by atoms with Gasteiger partial charge >= 0.3 is 0 Å². The molecule has 0 bridgehead atoms. The van der Waals surface area contributed by atoms with Crippen molar-refractivity contribution >= 4 is 0 Å². The third-order valence-electron chi connectivity index (χ3n) is 4.75. The predicted molar refractivity (Wildman–Crippen MR) is 99.3 cm³/mol. The lowest BCUT2D eigenvalue weighted by molar-refractivity contribution is 0.260. The topological polar surface area (TPSA) is 30.3 Å². The van der Waals surface area contributed by atoms with E-state index in [2.05, 4.69) is 27.8 Å². The quantitative estimate of drug-likeness (QED) is 0.709. The van der Waals surface area contributed by atoms with Crippen molar-refractivity contribution in [2.45, 2.75) is 26.1 Å². The van der Waals surface area contributed by atoms with Crippen molar-refractivity contribution in [1.82, 2.24) is 14.7 Å². The molecule has 0 radical (unpaired) electrons. The summed E-state index contributed by atoms with van der Waals surface area (Å²) in [6.07, 6.45) is 1.04. The first-order chi connectivity index (χ1) is 12.7. The average molecular weight is 351 g/mol. The Bertz CT molecular complexity index is 906. The van der Waals surface area contributed by atoms with Crippen LogP contribution >= 0.6 is 0 Å². The molecular formula is C21H22FN3O. The van der Waals surface area contributed by atoms with E-state index in [-0.39, 0.29) is 5.82 Å². The van der Waals surface area contributed by atoms with Gasteiger partial charge < -0.3 is 4.74 Å². The Labute approximate surface area is 152 Å². The number of halogens is 1. The smallest absolute Gasteiger partial charge is 0.123 e. The zero-order valence-corrected chi connectivity index (χ0v) is 14.9. The van der Waals surface area contributed by atoms with Crippen LogP contribution in [0.2, 0.25) is 0 Å². The fraction of sp³-hybridized carbons (Fsp3) is 0.286. The third-order valence-corrected chi connectivity index (χ3v) is 4.75. The second kappa shape index (κ2) is 7.30. The number of methoxy groups -OCH3 is 1. The number of aryl methyl sites for hydroxylation is 1. The summed E-state index contributed by atoms with van der Waals surface area (Å²) in [5, 5.41) is 4.69. The van der Waals surface area contributed by atoms with Crippen molar-refractivity contribution in [3.63, 3.8) is 0 Å². The number of hydrogen-bond acceptors (Lipinski definition) is 3. The molecule has 2 aromatic carbocycles. The molecule has 1 aliphatic heterocycles. The lowest BCUT2D eigenvalue weighted by Gasteiger charge is -2.19. The molecule has 26 heavy (non-hydrogen) atoms. The number of rotatable bonds is 4. The summed E-state index contributed by atoms with van der Waals surface area (Å²) in [6.45, 7) is 3.62. The molecule has 0 fully saturated rings. The van der Waals surface area contributed by atoms with Gasteiger partial charge in [0.05, 0.1) is 18.5 Å². The van der Waals surface area contributed by atoms with Crippen LogP contribution in [0.1, 0.15) is 17.7 Å². The molecule has 0 aliphatic carbocycles. The molecule has 4 rings (SSSR count). The highest BCUT2D eigenvalue weighted by molar-refractivity contribution is 5.59. The molecular weight excluding hydrogens is 329 g/mol. The SMILES string of the molecule is COc1cccc(CN2CCCn3nc(-c4cccc(F)c4)cc3C2)c1. The second-order valence-corrected chi connectivity index (χ2v) is 6.67. The van der Waals surface area contributed by atoms with E-state index in [9.17, 15) is 4.39 Å². The molecule has 0 saturated heterocycles. The lowest BCUT2D eigenvalue weighted by Crippen LogP contribution is -2.22. The third kappa shape index (κ3) is 3.63. The van der Waals surface area contributed by atoms with E-state index in [0.717, 1.165) is 49.6 Å². The van der Waals surface area contributed by atoms with Crippen molar-refractivity contribution in [3.05, 3.63) is 71.7 Å². The minimum atomic E-state index is -0.231. The van der Waals surface area contributed by atoms with Gasteiger partial charge in [0, 0.05) is 31.7 Å². The highest BCUT2D eigenvalue weighted by Gasteiger charge is 2.18. The molecule has 1 aliphatic rings. The molecule has 2 heterocycles. The van der Waals surface area contributed by atoms with Gasteiger partial charge in [0.15, 0.2) is 0 Å². The van der Waals surface area contributed by atoms with Crippen LogP contribution in [-0.2, 0) is 19.6 Å². The highest BCUT2D eigenvalue weighted by atomic mass is 19.1. The summed E-state index contributed by atoms with van der Waals surface area (Å²) in [5.41, 5.74) is 4.07. The molecule has 0 spiro atoms. The Morgan fingerprint density at radius 3 is 2.81 bits per heavy atom. The van der Waals surface area contributed by atoms with E-state index in [1.807, 2.05) is 18.2 Å². The molecule has 1 aromatic heterocycles. The van der Waals surface area contributed by atoms with Gasteiger partial charge in [0.1, 0.15) is 11.6 Å². The summed E-state index contributed by atoms with van der Waals surface area (Å²) >= 11 is 0. The summed E-state index contributed by atoms with van der Waals surface area (Å²) in [4.78, 5) is 2.42. The maximum Gasteiger partial charge on any atom is 0.123 e. The van der Waals surface area contributed by atoms with Crippen LogP contribution < -0.4 is 4.74 Å². The monoisotopic (exact) mass is 351 g/mol. The maximum absolute atomic E-state index is 13.5. The largest absolute Gasteiger partial charge is 0.497 e. The van der Waals surface area contributed by atoms with E-state index in [1.54, 1.807) is 13.2 Å². The Balaban J connectivity index is 1.54. The van der Waals surface area contributed by atoms with Crippen molar-refractivity contribution in [3.8, 4) is 17.0 Å². The fourth-order valence-corrected chi connectivity index (χ4v) is 3.48. The van der Waals surface area contributed by atoms with E-state index >= 15 is 0 Å². The first kappa shape index (κ1) is 16.8. The molecule has 0 unspecified atom stereocenters. The predicted octanol–water partition coefficient (Wildman–Crippen LogP) is 4.10. The van der Waals surface area contributed by atoms with Gasteiger partial charge in [-0.25, -0.2) is 4.39 Å². The van der Waals surface area contributed by atoms with E-state index in [0.29, 0.717) is 0 Å². The number of hydrogen-bond donors (Lipinski definition) is 0. The van der Waals surface area contributed by atoms with Gasteiger partial charge in [-0.1, -0.05) is 24.3 Å². The molecule has 4 nitrogen and oxygen atoms in total. The maximum atomic E-state index is 13.5. The number of aromatic nitrogens is 2. The molecule has 134 valence electrons. The van der Waals surface area contributed by atoms with Crippen LogP contribution in [0.15, 0.2) is 54.6 Å². The average Bonchev–Trinajstić information content (AvgIpc) is 2.95. The second-order valence-electron chi connectivity index (χ2n) is 6.67. The van der Waals surface area contributed by atoms with Gasteiger partial charge in [-0.15, -0.1) is 0 Å². The zero-order valence-electron chi connectivity index (χ0n) is 14.9. The van der Waals surface area contributed by atoms with Crippen LogP contribution in [0, 0.1) is 5.82 Å². The van der Waals surface area contributed by atoms with Crippen LogP contribution in [0.5, 0.6) is 5.75 Å². The molecule has 0 saturated carbocycles. The van der Waals surface area contributed by atoms with Crippen LogP contribution in [0.3, 0.4) is 0 Å². The first-order valence-electron chi connectivity index (χ1n) is 8.89. The summed E-state index contributed by atoms with van der Waals surface area (Å²) in [7, 11) is 1.69. The van der Waals surface area contributed by atoms with E-state index in [4.69, 9.17) is 9.84 Å². The molecule has 0 atom stereocenters. The zero-order chi connectivity index (χ0) is 17.9. The van der Waals surface area contributed by atoms with Crippen molar-refractivity contribution < 1.29 is 9.13 Å². The Morgan fingerprint density at radius 1 is 1.08 bits per heavy atom. The van der Waals surface area contributed by atoms with Gasteiger partial charge in [0.2, 0.25) is 0 Å². The standard InChI is InChI=1S/C21H22FN3O/c1-26-20-8-2-5-16(11-20)14-24-9-4-10-25-19(15-24)13-21(23-25)17-6-3-7-18(22)12-17/h2-3,5-8,11-13H,4,9-10,14-15H2,1H3. The van der Waals surface area contributed by atoms with Crippen molar-refractivity contribution in [2.24, 2.45) is 0 Å². The lowest BCUT2D eigenvalue weighted by atomic mass is 10.1.